The first-order valence-electron chi connectivity index (χ1n) is 3.06. The number of alkyl halides is 3. The maximum absolute atomic E-state index is 11.7. The highest BCUT2D eigenvalue weighted by Crippen LogP contribution is 2.00. The van der Waals surface area contributed by atoms with Crippen LogP contribution in [-0.4, -0.2) is 36.8 Å². The highest BCUT2D eigenvalue weighted by molar-refractivity contribution is 6.22. The highest BCUT2D eigenvalue weighted by atomic mass is 35.5. The quantitative estimate of drug-likeness (QED) is 0.613. The minimum absolute atomic E-state index is 0.169. The van der Waals surface area contributed by atoms with E-state index in [1.165, 1.54) is 11.9 Å². The van der Waals surface area contributed by atoms with Crippen molar-refractivity contribution < 1.29 is 8.78 Å². The van der Waals surface area contributed by atoms with Crippen LogP contribution in [0.3, 0.4) is 0 Å². The Balaban J connectivity index is 3.53. The molecular formula is C6H9ClF2N2. The fraction of sp³-hybridized carbons (Fsp3) is 0.833. The van der Waals surface area contributed by atoms with Gasteiger partial charge in [-0.25, -0.2) is 8.78 Å². The van der Waals surface area contributed by atoms with Crippen molar-refractivity contribution in [2.24, 2.45) is 0 Å². The Morgan fingerprint density at radius 2 is 2.09 bits per heavy atom. The largest absolute Gasteiger partial charge is 0.298 e. The molecule has 64 valence electrons. The summed E-state index contributed by atoms with van der Waals surface area (Å²) in [5.74, 6) is 0. The number of hydrogen-bond donors (Lipinski definition) is 0. The van der Waals surface area contributed by atoms with Crippen molar-refractivity contribution in [2.45, 2.75) is 11.8 Å². The van der Waals surface area contributed by atoms with Crippen LogP contribution in [0.25, 0.3) is 0 Å². The van der Waals surface area contributed by atoms with Gasteiger partial charge in [0.25, 0.3) is 6.43 Å². The maximum Gasteiger partial charge on any atom is 0.251 e. The van der Waals surface area contributed by atoms with Crippen molar-refractivity contribution in [3.05, 3.63) is 0 Å². The lowest BCUT2D eigenvalue weighted by molar-refractivity contribution is 0.102. The van der Waals surface area contributed by atoms with Crippen LogP contribution in [-0.2, 0) is 0 Å². The molecule has 0 fully saturated rings. The van der Waals surface area contributed by atoms with E-state index in [-0.39, 0.29) is 13.1 Å². The third kappa shape index (κ3) is 6.02. The molecule has 0 spiro atoms. The Kier molecular flexibility index (Phi) is 5.08. The zero-order chi connectivity index (χ0) is 8.85. The molecule has 5 heteroatoms. The predicted molar refractivity (Wildman–Crippen MR) is 38.8 cm³/mol. The van der Waals surface area contributed by atoms with Gasteiger partial charge in [0.15, 0.2) is 0 Å². The summed E-state index contributed by atoms with van der Waals surface area (Å²) in [6.07, 6.45) is -2.37. The normalized spacial score (nSPS) is 13.5. The van der Waals surface area contributed by atoms with Crippen LogP contribution >= 0.6 is 11.6 Å². The second-order valence-electron chi connectivity index (χ2n) is 2.21. The van der Waals surface area contributed by atoms with Crippen molar-refractivity contribution in [1.82, 2.24) is 4.90 Å². The summed E-state index contributed by atoms with van der Waals surface area (Å²) in [6.45, 7) is -0.173. The number of rotatable bonds is 4. The molecule has 0 saturated heterocycles. The number of hydrogen-bond acceptors (Lipinski definition) is 2. The zero-order valence-electron chi connectivity index (χ0n) is 6.10. The van der Waals surface area contributed by atoms with E-state index < -0.39 is 11.8 Å². The SMILES string of the molecule is CN(CC(F)F)CC(Cl)C#N. The molecule has 1 unspecified atom stereocenters. The minimum atomic E-state index is -2.37. The van der Waals surface area contributed by atoms with Crippen LogP contribution in [0.1, 0.15) is 0 Å². The molecule has 0 aromatic carbocycles. The monoisotopic (exact) mass is 182 g/mol. The van der Waals surface area contributed by atoms with Gasteiger partial charge in [0.1, 0.15) is 5.38 Å². The lowest BCUT2D eigenvalue weighted by atomic mass is 10.4. The molecule has 1 atom stereocenters. The first-order chi connectivity index (χ1) is 5.06. The molecule has 0 radical (unpaired) electrons. The summed E-state index contributed by atoms with van der Waals surface area (Å²) in [4.78, 5) is 1.32. The molecule has 2 nitrogen and oxygen atoms in total. The highest BCUT2D eigenvalue weighted by Gasteiger charge is 2.11. The molecule has 0 saturated carbocycles. The number of nitriles is 1. The zero-order valence-corrected chi connectivity index (χ0v) is 6.85. The van der Waals surface area contributed by atoms with E-state index in [9.17, 15) is 8.78 Å². The molecule has 11 heavy (non-hydrogen) atoms. The van der Waals surface area contributed by atoms with Gasteiger partial charge < -0.3 is 0 Å². The topological polar surface area (TPSA) is 27.0 Å². The van der Waals surface area contributed by atoms with Crippen molar-refractivity contribution in [3.8, 4) is 6.07 Å². The van der Waals surface area contributed by atoms with Crippen molar-refractivity contribution >= 4 is 11.6 Å². The van der Waals surface area contributed by atoms with E-state index in [1.54, 1.807) is 6.07 Å². The van der Waals surface area contributed by atoms with Crippen LogP contribution < -0.4 is 0 Å². The van der Waals surface area contributed by atoms with Gasteiger partial charge in [0.2, 0.25) is 0 Å². The Morgan fingerprint density at radius 1 is 1.55 bits per heavy atom. The first-order valence-corrected chi connectivity index (χ1v) is 3.50. The minimum Gasteiger partial charge on any atom is -0.298 e. The van der Waals surface area contributed by atoms with Crippen LogP contribution in [0.5, 0.6) is 0 Å². The van der Waals surface area contributed by atoms with Crippen LogP contribution in [0.2, 0.25) is 0 Å². The molecular weight excluding hydrogens is 174 g/mol. The molecule has 0 amide bonds. The molecule has 0 rings (SSSR count). The lowest BCUT2D eigenvalue weighted by Crippen LogP contribution is -2.29. The smallest absolute Gasteiger partial charge is 0.251 e. The van der Waals surface area contributed by atoms with Gasteiger partial charge >= 0.3 is 0 Å². The van der Waals surface area contributed by atoms with Crippen molar-refractivity contribution in [1.29, 1.82) is 5.26 Å². The summed E-state index contributed by atoms with van der Waals surface area (Å²) >= 11 is 5.40. The van der Waals surface area contributed by atoms with E-state index in [2.05, 4.69) is 0 Å². The molecule has 0 aromatic heterocycles. The van der Waals surface area contributed by atoms with Gasteiger partial charge in [0.05, 0.1) is 12.6 Å². The Morgan fingerprint density at radius 3 is 2.45 bits per heavy atom. The molecule has 0 heterocycles. The van der Waals surface area contributed by atoms with E-state index in [0.29, 0.717) is 0 Å². The van der Waals surface area contributed by atoms with Gasteiger partial charge in [-0.15, -0.1) is 11.6 Å². The lowest BCUT2D eigenvalue weighted by Gasteiger charge is -2.15. The van der Waals surface area contributed by atoms with Crippen LogP contribution in [0.15, 0.2) is 0 Å². The van der Waals surface area contributed by atoms with E-state index >= 15 is 0 Å². The average molecular weight is 183 g/mol. The molecule has 0 aliphatic carbocycles. The Bertz CT molecular complexity index is 146. The number of nitrogens with zero attached hydrogens (tertiary/aromatic N) is 2. The van der Waals surface area contributed by atoms with Crippen molar-refractivity contribution in [2.75, 3.05) is 20.1 Å². The van der Waals surface area contributed by atoms with Gasteiger partial charge in [-0.1, -0.05) is 0 Å². The summed E-state index contributed by atoms with van der Waals surface area (Å²) < 4.78 is 23.3. The van der Waals surface area contributed by atoms with Crippen LogP contribution in [0.4, 0.5) is 8.78 Å². The van der Waals surface area contributed by atoms with E-state index in [0.717, 1.165) is 0 Å². The molecule has 0 bridgehead atoms. The Labute approximate surface area is 69.4 Å². The summed E-state index contributed by atoms with van der Waals surface area (Å²) in [7, 11) is 1.50. The second kappa shape index (κ2) is 5.28. The Hall–Kier alpha value is -0.400. The molecule has 0 aliphatic rings. The third-order valence-electron chi connectivity index (χ3n) is 1.06. The van der Waals surface area contributed by atoms with Crippen molar-refractivity contribution in [3.63, 3.8) is 0 Å². The molecule has 0 N–H and O–H groups in total. The summed E-state index contributed by atoms with van der Waals surface area (Å²) in [5, 5.41) is 7.51. The van der Waals surface area contributed by atoms with Gasteiger partial charge in [-0.05, 0) is 7.05 Å². The summed E-state index contributed by atoms with van der Waals surface area (Å²) in [5.41, 5.74) is 0. The van der Waals surface area contributed by atoms with Gasteiger partial charge in [-0.3, -0.25) is 4.90 Å². The second-order valence-corrected chi connectivity index (χ2v) is 2.74. The van der Waals surface area contributed by atoms with Gasteiger partial charge in [-0.2, -0.15) is 5.26 Å². The summed E-state index contributed by atoms with van der Waals surface area (Å²) in [6, 6.07) is 1.75. The fourth-order valence-electron chi connectivity index (χ4n) is 0.625. The van der Waals surface area contributed by atoms with E-state index in [1.807, 2.05) is 0 Å². The number of halogens is 3. The molecule has 0 aromatic rings. The van der Waals surface area contributed by atoms with E-state index in [4.69, 9.17) is 16.9 Å². The first kappa shape index (κ1) is 10.6. The molecule has 0 aliphatic heterocycles. The standard InChI is InChI=1S/C6H9ClF2N2/c1-11(4-6(8)9)3-5(7)2-10/h5-6H,3-4H2,1H3. The third-order valence-corrected chi connectivity index (χ3v) is 1.30. The van der Waals surface area contributed by atoms with Gasteiger partial charge in [0, 0.05) is 6.54 Å². The predicted octanol–water partition coefficient (Wildman–Crippen LogP) is 1.31. The van der Waals surface area contributed by atoms with Crippen LogP contribution in [0, 0.1) is 11.3 Å². The average Bonchev–Trinajstić information content (AvgIpc) is 1.85. The maximum atomic E-state index is 11.7. The fourth-order valence-corrected chi connectivity index (χ4v) is 0.860.